The fraction of sp³-hybridized carbons (Fsp3) is 0.222. The molecule has 0 saturated carbocycles. The average Bonchev–Trinajstić information content (AvgIpc) is 2.89. The number of esters is 1. The van der Waals surface area contributed by atoms with Crippen LogP contribution in [0.25, 0.3) is 11.6 Å². The Hall–Kier alpha value is -2.11. The zero-order valence-electron chi connectivity index (χ0n) is 7.97. The number of rotatable bonds is 3. The zero-order valence-corrected chi connectivity index (χ0v) is 7.97. The van der Waals surface area contributed by atoms with Gasteiger partial charge in [0.2, 0.25) is 11.7 Å². The van der Waals surface area contributed by atoms with Crippen molar-refractivity contribution in [3.8, 4) is 11.6 Å². The molecule has 0 aromatic carbocycles. The van der Waals surface area contributed by atoms with Gasteiger partial charge in [-0.3, -0.25) is 0 Å². The van der Waals surface area contributed by atoms with Crippen molar-refractivity contribution in [1.29, 1.82) is 0 Å². The van der Waals surface area contributed by atoms with Crippen molar-refractivity contribution in [2.45, 2.75) is 6.92 Å². The summed E-state index contributed by atoms with van der Waals surface area (Å²) in [4.78, 5) is 18.9. The van der Waals surface area contributed by atoms with Crippen LogP contribution in [0.1, 0.15) is 17.5 Å². The van der Waals surface area contributed by atoms with Crippen molar-refractivity contribution >= 4 is 5.97 Å². The fourth-order valence-corrected chi connectivity index (χ4v) is 1.01. The lowest BCUT2D eigenvalue weighted by Crippen LogP contribution is -2.02. The Labute approximate surface area is 84.9 Å². The first-order chi connectivity index (χ1) is 7.31. The van der Waals surface area contributed by atoms with E-state index in [4.69, 9.17) is 13.6 Å². The number of carbonyl (C=O) groups excluding carboxylic acids is 1. The lowest BCUT2D eigenvalue weighted by atomic mass is 10.5. The van der Waals surface area contributed by atoms with Gasteiger partial charge in [0, 0.05) is 0 Å². The van der Waals surface area contributed by atoms with Crippen LogP contribution in [0.4, 0.5) is 0 Å². The van der Waals surface area contributed by atoms with Gasteiger partial charge in [-0.15, -0.1) is 0 Å². The molecule has 2 rings (SSSR count). The Morgan fingerprint density at radius 3 is 3.07 bits per heavy atom. The summed E-state index contributed by atoms with van der Waals surface area (Å²) in [6, 6.07) is 0. The predicted molar refractivity (Wildman–Crippen MR) is 48.0 cm³/mol. The molecule has 0 aliphatic carbocycles. The van der Waals surface area contributed by atoms with Crippen molar-refractivity contribution in [1.82, 2.24) is 9.97 Å². The Morgan fingerprint density at radius 2 is 2.40 bits per heavy atom. The van der Waals surface area contributed by atoms with Gasteiger partial charge >= 0.3 is 5.97 Å². The first-order valence-electron chi connectivity index (χ1n) is 4.32. The third-order valence-electron chi connectivity index (χ3n) is 1.63. The first-order valence-corrected chi connectivity index (χ1v) is 4.32. The molecule has 0 aliphatic heterocycles. The maximum absolute atomic E-state index is 11.2. The molecule has 0 fully saturated rings. The molecule has 0 N–H and O–H groups in total. The van der Waals surface area contributed by atoms with Gasteiger partial charge in [0.25, 0.3) is 0 Å². The number of aromatic nitrogens is 2. The van der Waals surface area contributed by atoms with Crippen LogP contribution in [-0.2, 0) is 4.74 Å². The summed E-state index contributed by atoms with van der Waals surface area (Å²) in [5.74, 6) is -0.263. The molecule has 6 nitrogen and oxygen atoms in total. The van der Waals surface area contributed by atoms with Crippen molar-refractivity contribution < 1.29 is 18.4 Å². The quantitative estimate of drug-likeness (QED) is 0.711. The minimum Gasteiger partial charge on any atom is -0.460 e. The molecule has 0 bridgehead atoms. The van der Waals surface area contributed by atoms with E-state index >= 15 is 0 Å². The largest absolute Gasteiger partial charge is 0.460 e. The second-order valence-corrected chi connectivity index (χ2v) is 2.62. The molecule has 2 aromatic heterocycles. The number of carbonyl (C=O) groups is 1. The van der Waals surface area contributed by atoms with Crippen LogP contribution < -0.4 is 0 Å². The van der Waals surface area contributed by atoms with Gasteiger partial charge in [-0.2, -0.15) is 0 Å². The van der Waals surface area contributed by atoms with Crippen molar-refractivity contribution in [2.24, 2.45) is 0 Å². The second kappa shape index (κ2) is 3.95. The van der Waals surface area contributed by atoms with Gasteiger partial charge < -0.3 is 13.6 Å². The number of ether oxygens (including phenoxy) is 1. The predicted octanol–water partition coefficient (Wildman–Crippen LogP) is 1.51. The fourth-order valence-electron chi connectivity index (χ4n) is 1.01. The highest BCUT2D eigenvalue weighted by Gasteiger charge is 2.15. The molecule has 6 heteroatoms. The van der Waals surface area contributed by atoms with Crippen LogP contribution in [0.5, 0.6) is 0 Å². The smallest absolute Gasteiger partial charge is 0.375 e. The third-order valence-corrected chi connectivity index (χ3v) is 1.63. The highest BCUT2D eigenvalue weighted by Crippen LogP contribution is 2.16. The summed E-state index contributed by atoms with van der Waals surface area (Å²) in [7, 11) is 0. The van der Waals surface area contributed by atoms with Crippen LogP contribution >= 0.6 is 0 Å². The van der Waals surface area contributed by atoms with E-state index in [-0.39, 0.29) is 11.7 Å². The van der Waals surface area contributed by atoms with Gasteiger partial charge in [-0.1, -0.05) is 0 Å². The summed E-state index contributed by atoms with van der Waals surface area (Å²) in [5.41, 5.74) is 0.436. The van der Waals surface area contributed by atoms with Crippen LogP contribution in [0.3, 0.4) is 0 Å². The van der Waals surface area contributed by atoms with Crippen LogP contribution in [0.2, 0.25) is 0 Å². The minimum absolute atomic E-state index is 0.0508. The normalized spacial score (nSPS) is 10.2. The van der Waals surface area contributed by atoms with E-state index in [1.165, 1.54) is 18.9 Å². The van der Waals surface area contributed by atoms with E-state index < -0.39 is 5.97 Å². The Balaban J connectivity index is 2.21. The van der Waals surface area contributed by atoms with Crippen LogP contribution in [0.15, 0.2) is 27.7 Å². The van der Waals surface area contributed by atoms with E-state index in [2.05, 4.69) is 9.97 Å². The molecule has 0 amide bonds. The number of hydrogen-bond donors (Lipinski definition) is 0. The van der Waals surface area contributed by atoms with Crippen molar-refractivity contribution in [3.63, 3.8) is 0 Å². The third kappa shape index (κ3) is 1.88. The van der Waals surface area contributed by atoms with Gasteiger partial charge in [-0.25, -0.2) is 14.8 Å². The summed E-state index contributed by atoms with van der Waals surface area (Å²) in [6.45, 7) is 2.01. The molecule has 2 heterocycles. The molecule has 78 valence electrons. The maximum atomic E-state index is 11.2. The van der Waals surface area contributed by atoms with E-state index in [9.17, 15) is 4.79 Å². The molecule has 0 spiro atoms. The van der Waals surface area contributed by atoms with Gasteiger partial charge in [0.05, 0.1) is 12.8 Å². The number of nitrogens with zero attached hydrogens (tertiary/aromatic N) is 2. The van der Waals surface area contributed by atoms with Gasteiger partial charge in [0.15, 0.2) is 12.1 Å². The van der Waals surface area contributed by atoms with E-state index in [0.717, 1.165) is 0 Å². The lowest BCUT2D eigenvalue weighted by molar-refractivity contribution is 0.0491. The second-order valence-electron chi connectivity index (χ2n) is 2.62. The topological polar surface area (TPSA) is 78.4 Å². The molecule has 0 saturated heterocycles. The van der Waals surface area contributed by atoms with Crippen molar-refractivity contribution in [3.05, 3.63) is 24.6 Å². The first kappa shape index (κ1) is 9.45. The van der Waals surface area contributed by atoms with Crippen LogP contribution in [-0.4, -0.2) is 22.5 Å². The molecule has 2 aromatic rings. The molecule has 0 atom stereocenters. The molecule has 0 radical (unpaired) electrons. The van der Waals surface area contributed by atoms with E-state index in [1.807, 2.05) is 0 Å². The summed E-state index contributed by atoms with van der Waals surface area (Å²) < 4.78 is 14.6. The molecule has 0 unspecified atom stereocenters. The summed E-state index contributed by atoms with van der Waals surface area (Å²) in [6.07, 6.45) is 3.92. The Kier molecular flexibility index (Phi) is 2.49. The number of oxazole rings is 2. The summed E-state index contributed by atoms with van der Waals surface area (Å²) in [5, 5.41) is 0. The highest BCUT2D eigenvalue weighted by atomic mass is 16.5. The maximum Gasteiger partial charge on any atom is 0.375 e. The van der Waals surface area contributed by atoms with Gasteiger partial charge in [0.1, 0.15) is 6.26 Å². The summed E-state index contributed by atoms with van der Waals surface area (Å²) >= 11 is 0. The Bertz CT molecular complexity index is 446. The standard InChI is InChI=1S/C9H8N2O4/c1-2-14-9(12)7-3-10-8(15-7)6-4-13-5-11-6/h3-5H,2H2,1H3. The van der Waals surface area contributed by atoms with Crippen LogP contribution in [0, 0.1) is 0 Å². The highest BCUT2D eigenvalue weighted by molar-refractivity contribution is 5.86. The van der Waals surface area contributed by atoms with E-state index in [1.54, 1.807) is 6.92 Å². The van der Waals surface area contributed by atoms with Gasteiger partial charge in [-0.05, 0) is 6.92 Å². The molecule has 0 aliphatic rings. The average molecular weight is 208 g/mol. The van der Waals surface area contributed by atoms with E-state index in [0.29, 0.717) is 12.3 Å². The molecular weight excluding hydrogens is 200 g/mol. The van der Waals surface area contributed by atoms with Crippen molar-refractivity contribution in [2.75, 3.05) is 6.61 Å². The minimum atomic E-state index is -0.542. The SMILES string of the molecule is CCOC(=O)c1cnc(-c2cocn2)o1. The monoisotopic (exact) mass is 208 g/mol. The number of hydrogen-bond acceptors (Lipinski definition) is 6. The lowest BCUT2D eigenvalue weighted by Gasteiger charge is -1.95. The molecular formula is C9H8N2O4. The molecule has 15 heavy (non-hydrogen) atoms. The zero-order chi connectivity index (χ0) is 10.7. The Morgan fingerprint density at radius 1 is 1.53 bits per heavy atom.